The lowest BCUT2D eigenvalue weighted by atomic mass is 9.88. The van der Waals surface area contributed by atoms with E-state index in [9.17, 15) is 19.5 Å². The number of H-pyrrole nitrogens is 1. The number of hydrogen-bond acceptors (Lipinski definition) is 6. The van der Waals surface area contributed by atoms with Crippen molar-refractivity contribution in [1.29, 1.82) is 0 Å². The highest BCUT2D eigenvalue weighted by Crippen LogP contribution is 2.42. The zero-order valence-electron chi connectivity index (χ0n) is 25.9. The van der Waals surface area contributed by atoms with Crippen LogP contribution in [0, 0.1) is 11.3 Å². The lowest BCUT2D eigenvalue weighted by molar-refractivity contribution is -0.137. The molecule has 4 rings (SSSR count). The summed E-state index contributed by atoms with van der Waals surface area (Å²) in [5.74, 6) is 0.165. The first kappa shape index (κ1) is 33.5. The second kappa shape index (κ2) is 13.5. The number of carbonyl (C=O) groups excluding carboxylic acids is 3. The summed E-state index contributed by atoms with van der Waals surface area (Å²) < 4.78 is 0.118. The van der Waals surface area contributed by atoms with Crippen molar-refractivity contribution >= 4 is 46.1 Å². The SMILES string of the molecule is CC(C)(C)Cc1c([SH+]C(C)(C)C)[nH]c2c(N3CCC(CCNC(=O)CCCN4C(=O)C=CC4=O)CC3)c(O)ccc12.[OH-]. The average molecular weight is 601 g/mol. The molecule has 0 bridgehead atoms. The molecule has 42 heavy (non-hydrogen) atoms. The van der Waals surface area contributed by atoms with Crippen LogP contribution < -0.4 is 10.2 Å². The maximum Gasteiger partial charge on any atom is 0.253 e. The molecule has 2 aliphatic heterocycles. The molecule has 2 aromatic rings. The molecule has 3 amide bonds. The standard InChI is InChI=1S/C32H46N4O4S.H2O/c1-31(2,3)20-23-22-9-10-24(37)29(28(22)34-30(23)41-32(4,5)6)35-18-14-21(15-19-35)13-16-33-25(38)8-7-17-36-26(39)11-12-27(36)40;/h9-12,21,34,37H,7-8,13-20H2,1-6H3,(H,33,38);1H2. The largest absolute Gasteiger partial charge is 0.870 e. The third-order valence-electron chi connectivity index (χ3n) is 7.66. The number of benzene rings is 1. The minimum atomic E-state index is -0.308. The number of thiol groups is 1. The highest BCUT2D eigenvalue weighted by molar-refractivity contribution is 7.80. The molecule has 1 fully saturated rings. The average Bonchev–Trinajstić information content (AvgIpc) is 3.36. The van der Waals surface area contributed by atoms with E-state index in [1.165, 1.54) is 44.8 Å². The highest BCUT2D eigenvalue weighted by atomic mass is 32.2. The van der Waals surface area contributed by atoms with Gasteiger partial charge in [0.1, 0.15) is 16.2 Å². The van der Waals surface area contributed by atoms with Crippen molar-refractivity contribution in [2.75, 3.05) is 31.1 Å². The smallest absolute Gasteiger partial charge is 0.253 e. The zero-order valence-corrected chi connectivity index (χ0v) is 26.8. The number of imide groups is 1. The van der Waals surface area contributed by atoms with Crippen molar-refractivity contribution in [1.82, 2.24) is 15.2 Å². The number of fused-ring (bicyclic) bond motifs is 1. The molecule has 3 heterocycles. The van der Waals surface area contributed by atoms with Gasteiger partial charge in [-0.05, 0) is 76.3 Å². The molecule has 2 aliphatic rings. The number of piperidine rings is 1. The normalized spacial score (nSPS) is 16.4. The summed E-state index contributed by atoms with van der Waals surface area (Å²) in [6.07, 6.45) is 7.17. The monoisotopic (exact) mass is 600 g/mol. The van der Waals surface area contributed by atoms with Crippen LogP contribution in [0.3, 0.4) is 0 Å². The summed E-state index contributed by atoms with van der Waals surface area (Å²) in [5, 5.41) is 16.5. The van der Waals surface area contributed by atoms with E-state index >= 15 is 0 Å². The topological polar surface area (TPSA) is 136 Å². The first-order chi connectivity index (χ1) is 19.2. The fourth-order valence-electron chi connectivity index (χ4n) is 5.74. The van der Waals surface area contributed by atoms with Gasteiger partial charge in [0.15, 0.2) is 0 Å². The summed E-state index contributed by atoms with van der Waals surface area (Å²) in [4.78, 5) is 42.7. The van der Waals surface area contributed by atoms with E-state index in [1.807, 2.05) is 6.07 Å². The van der Waals surface area contributed by atoms with E-state index in [1.54, 1.807) is 0 Å². The molecule has 1 aromatic heterocycles. The first-order valence-electron chi connectivity index (χ1n) is 14.9. The van der Waals surface area contributed by atoms with Crippen LogP contribution in [0.2, 0.25) is 0 Å². The number of anilines is 1. The number of phenolic OH excluding ortho intramolecular Hbond substituents is 1. The Bertz CT molecular complexity index is 1290. The van der Waals surface area contributed by atoms with Crippen LogP contribution in [0.15, 0.2) is 29.3 Å². The van der Waals surface area contributed by atoms with Gasteiger partial charge in [-0.3, -0.25) is 19.3 Å². The van der Waals surface area contributed by atoms with E-state index in [-0.39, 0.29) is 39.9 Å². The molecule has 0 spiro atoms. The Kier molecular flexibility index (Phi) is 10.8. The molecular weight excluding hydrogens is 552 g/mol. The van der Waals surface area contributed by atoms with Crippen molar-refractivity contribution in [2.24, 2.45) is 11.3 Å². The molecule has 9 nitrogen and oxygen atoms in total. The fraction of sp³-hybridized carbons (Fsp3) is 0.594. The second-order valence-corrected chi connectivity index (χ2v) is 15.7. The van der Waals surface area contributed by atoms with Gasteiger partial charge in [-0.2, -0.15) is 0 Å². The Morgan fingerprint density at radius 1 is 1.07 bits per heavy atom. The highest BCUT2D eigenvalue weighted by Gasteiger charge is 2.32. The molecule has 232 valence electrons. The van der Waals surface area contributed by atoms with Gasteiger partial charge in [0.2, 0.25) is 10.9 Å². The molecular formula is C32H48N4O5S. The van der Waals surface area contributed by atoms with E-state index in [2.05, 4.69) is 62.8 Å². The molecule has 0 unspecified atom stereocenters. The maximum absolute atomic E-state index is 12.3. The number of phenols is 1. The van der Waals surface area contributed by atoms with Crippen LogP contribution in [0.25, 0.3) is 10.9 Å². The summed E-state index contributed by atoms with van der Waals surface area (Å²) in [5.41, 5.74) is 3.44. The number of amides is 3. The first-order valence-corrected chi connectivity index (χ1v) is 15.8. The Hall–Kier alpha value is -2.98. The van der Waals surface area contributed by atoms with E-state index in [0.717, 1.165) is 50.0 Å². The van der Waals surface area contributed by atoms with Gasteiger partial charge in [-0.15, -0.1) is 0 Å². The van der Waals surface area contributed by atoms with Gasteiger partial charge >= 0.3 is 0 Å². The quantitative estimate of drug-likeness (QED) is 0.206. The van der Waals surface area contributed by atoms with Gasteiger partial charge < -0.3 is 25.8 Å². The maximum atomic E-state index is 12.3. The van der Waals surface area contributed by atoms with Crippen molar-refractivity contribution in [2.45, 2.75) is 89.8 Å². The Morgan fingerprint density at radius 2 is 1.71 bits per heavy atom. The predicted molar refractivity (Wildman–Crippen MR) is 169 cm³/mol. The Morgan fingerprint density at radius 3 is 2.31 bits per heavy atom. The van der Waals surface area contributed by atoms with E-state index in [4.69, 9.17) is 0 Å². The molecule has 4 N–H and O–H groups in total. The number of carbonyl (C=O) groups is 3. The predicted octanol–water partition coefficient (Wildman–Crippen LogP) is 4.69. The third-order valence-corrected chi connectivity index (χ3v) is 8.93. The van der Waals surface area contributed by atoms with Gasteiger partial charge in [-0.25, -0.2) is 0 Å². The van der Waals surface area contributed by atoms with Crippen LogP contribution >= 0.6 is 0 Å². The van der Waals surface area contributed by atoms with Crippen LogP contribution in [-0.4, -0.2) is 69.1 Å². The number of nitrogens with zero attached hydrogens (tertiary/aromatic N) is 2. The fourth-order valence-corrected chi connectivity index (χ4v) is 6.91. The van der Waals surface area contributed by atoms with Crippen LogP contribution in [-0.2, 0) is 32.6 Å². The van der Waals surface area contributed by atoms with Crippen molar-refractivity contribution < 1.29 is 25.0 Å². The Balaban J connectivity index is 0.00000484. The molecule has 1 aromatic carbocycles. The number of hydrogen-bond donors (Lipinski definition) is 3. The number of aromatic nitrogens is 1. The lowest BCUT2D eigenvalue weighted by Gasteiger charge is -2.34. The number of aromatic hydroxyl groups is 1. The van der Waals surface area contributed by atoms with Gasteiger partial charge in [0, 0.05) is 67.5 Å². The van der Waals surface area contributed by atoms with Crippen LogP contribution in [0.1, 0.15) is 79.2 Å². The van der Waals surface area contributed by atoms with E-state index < -0.39 is 0 Å². The second-order valence-electron chi connectivity index (χ2n) is 13.7. The third kappa shape index (κ3) is 8.53. The van der Waals surface area contributed by atoms with Crippen LogP contribution in [0.4, 0.5) is 5.69 Å². The Labute approximate surface area is 253 Å². The molecule has 0 radical (unpaired) electrons. The minimum Gasteiger partial charge on any atom is -0.870 e. The molecule has 0 aliphatic carbocycles. The van der Waals surface area contributed by atoms with Gasteiger partial charge in [0.05, 0.1) is 5.52 Å². The lowest BCUT2D eigenvalue weighted by Crippen LogP contribution is -2.35. The number of nitrogens with one attached hydrogen (secondary N) is 2. The van der Waals surface area contributed by atoms with E-state index in [0.29, 0.717) is 31.1 Å². The zero-order chi connectivity index (χ0) is 29.9. The number of rotatable bonds is 10. The molecule has 1 saturated heterocycles. The summed E-state index contributed by atoms with van der Waals surface area (Å²) in [7, 11) is 0. The molecule has 0 saturated carbocycles. The molecule has 0 atom stereocenters. The van der Waals surface area contributed by atoms with Crippen molar-refractivity contribution in [3.8, 4) is 5.75 Å². The van der Waals surface area contributed by atoms with Crippen molar-refractivity contribution in [3.05, 3.63) is 29.8 Å². The van der Waals surface area contributed by atoms with Gasteiger partial charge in [-0.1, -0.05) is 20.8 Å². The summed E-state index contributed by atoms with van der Waals surface area (Å²) >= 11 is 1.25. The van der Waals surface area contributed by atoms with Crippen molar-refractivity contribution in [3.63, 3.8) is 0 Å². The molecule has 10 heteroatoms. The van der Waals surface area contributed by atoms with Crippen LogP contribution in [0.5, 0.6) is 5.75 Å². The summed E-state index contributed by atoms with van der Waals surface area (Å²) in [6.45, 7) is 16.2. The van der Waals surface area contributed by atoms with Gasteiger partial charge in [0.25, 0.3) is 11.8 Å². The number of aromatic amines is 1. The summed E-state index contributed by atoms with van der Waals surface area (Å²) in [6, 6.07) is 3.92. The minimum absolute atomic E-state index is 0.